The molecule has 0 aliphatic rings. The number of furan rings is 2. The van der Waals surface area contributed by atoms with E-state index in [9.17, 15) is 0 Å². The van der Waals surface area contributed by atoms with Crippen molar-refractivity contribution in [2.45, 2.75) is 0 Å². The number of rotatable bonds is 3. The molecule has 0 aliphatic heterocycles. The SMILES string of the molecule is c1ccc(-c2c(-c3c4ccccc4c(-c4cccc5ccccc45)c4ccccc34)oc3c2ccc2c4ccccc4oc23)cc1. The molecule has 0 saturated carbocycles. The Morgan fingerprint density at radius 2 is 0.848 bits per heavy atom. The zero-order valence-electron chi connectivity index (χ0n) is 24.8. The van der Waals surface area contributed by atoms with Crippen LogP contribution in [0.3, 0.4) is 0 Å². The minimum Gasteiger partial charge on any atom is -0.452 e. The Morgan fingerprint density at radius 1 is 0.304 bits per heavy atom. The number of para-hydroxylation sites is 1. The highest BCUT2D eigenvalue weighted by molar-refractivity contribution is 6.26. The van der Waals surface area contributed by atoms with Crippen LogP contribution >= 0.6 is 0 Å². The van der Waals surface area contributed by atoms with Crippen molar-refractivity contribution in [1.82, 2.24) is 0 Å². The lowest BCUT2D eigenvalue weighted by atomic mass is 9.85. The molecule has 0 fully saturated rings. The third-order valence-corrected chi connectivity index (χ3v) is 9.48. The maximum Gasteiger partial charge on any atom is 0.178 e. The summed E-state index contributed by atoms with van der Waals surface area (Å²) < 4.78 is 13.6. The maximum absolute atomic E-state index is 7.12. The van der Waals surface area contributed by atoms with Gasteiger partial charge in [-0.1, -0.05) is 140 Å². The van der Waals surface area contributed by atoms with Gasteiger partial charge in [0.2, 0.25) is 0 Å². The van der Waals surface area contributed by atoms with Gasteiger partial charge in [-0.05, 0) is 67.2 Å². The van der Waals surface area contributed by atoms with E-state index < -0.39 is 0 Å². The van der Waals surface area contributed by atoms with Crippen LogP contribution in [0, 0.1) is 0 Å². The van der Waals surface area contributed by atoms with Gasteiger partial charge in [0.15, 0.2) is 11.2 Å². The van der Waals surface area contributed by atoms with Crippen molar-refractivity contribution in [3.63, 3.8) is 0 Å². The molecule has 0 radical (unpaired) electrons. The molecule has 0 unspecified atom stereocenters. The van der Waals surface area contributed by atoms with E-state index >= 15 is 0 Å². The van der Waals surface area contributed by atoms with E-state index in [1.54, 1.807) is 0 Å². The van der Waals surface area contributed by atoms with Crippen LogP contribution < -0.4 is 0 Å². The topological polar surface area (TPSA) is 26.3 Å². The first-order chi connectivity index (χ1) is 22.8. The molecule has 0 saturated heterocycles. The lowest BCUT2D eigenvalue weighted by Crippen LogP contribution is -1.92. The van der Waals surface area contributed by atoms with Crippen molar-refractivity contribution in [3.8, 4) is 33.6 Å². The summed E-state index contributed by atoms with van der Waals surface area (Å²) in [7, 11) is 0. The van der Waals surface area contributed by atoms with Crippen molar-refractivity contribution in [2.24, 2.45) is 0 Å². The Kier molecular flexibility index (Phi) is 5.31. The molecule has 0 amide bonds. The van der Waals surface area contributed by atoms with Crippen LogP contribution in [-0.2, 0) is 0 Å². The maximum atomic E-state index is 7.12. The van der Waals surface area contributed by atoms with E-state index in [0.717, 1.165) is 66.1 Å². The molecule has 0 N–H and O–H groups in total. The van der Waals surface area contributed by atoms with Crippen LogP contribution in [0.5, 0.6) is 0 Å². The molecule has 0 spiro atoms. The second-order valence-corrected chi connectivity index (χ2v) is 12.0. The minimum atomic E-state index is 0.772. The number of benzene rings is 8. The van der Waals surface area contributed by atoms with E-state index in [-0.39, 0.29) is 0 Å². The second-order valence-electron chi connectivity index (χ2n) is 12.0. The molecule has 0 atom stereocenters. The molecule has 0 bridgehead atoms. The summed E-state index contributed by atoms with van der Waals surface area (Å²) in [5.41, 5.74) is 8.16. The molecule has 214 valence electrons. The van der Waals surface area contributed by atoms with Gasteiger partial charge in [-0.2, -0.15) is 0 Å². The fourth-order valence-corrected chi connectivity index (χ4v) is 7.51. The summed E-state index contributed by atoms with van der Waals surface area (Å²) in [5, 5.41) is 10.4. The molecule has 46 heavy (non-hydrogen) atoms. The summed E-state index contributed by atoms with van der Waals surface area (Å²) in [6.07, 6.45) is 0. The smallest absolute Gasteiger partial charge is 0.178 e. The van der Waals surface area contributed by atoms with E-state index in [1.165, 1.54) is 32.7 Å². The predicted molar refractivity (Wildman–Crippen MR) is 192 cm³/mol. The Bertz CT molecular complexity index is 2740. The average molecular weight is 587 g/mol. The first-order valence-corrected chi connectivity index (χ1v) is 15.7. The Morgan fingerprint density at radius 3 is 1.59 bits per heavy atom. The van der Waals surface area contributed by atoms with Crippen LogP contribution in [0.2, 0.25) is 0 Å². The molecule has 2 nitrogen and oxygen atoms in total. The molecule has 2 heteroatoms. The van der Waals surface area contributed by atoms with Gasteiger partial charge < -0.3 is 8.83 Å². The van der Waals surface area contributed by atoms with Crippen molar-refractivity contribution >= 4 is 65.2 Å². The van der Waals surface area contributed by atoms with Gasteiger partial charge >= 0.3 is 0 Å². The Labute approximate surface area is 264 Å². The highest BCUT2D eigenvalue weighted by Gasteiger charge is 2.26. The summed E-state index contributed by atoms with van der Waals surface area (Å²) in [5.74, 6) is 0.853. The van der Waals surface area contributed by atoms with Crippen LogP contribution in [0.1, 0.15) is 0 Å². The van der Waals surface area contributed by atoms with Gasteiger partial charge in [0, 0.05) is 27.3 Å². The van der Waals surface area contributed by atoms with Gasteiger partial charge in [-0.3, -0.25) is 0 Å². The third-order valence-electron chi connectivity index (χ3n) is 9.48. The second kappa shape index (κ2) is 9.69. The van der Waals surface area contributed by atoms with Crippen LogP contribution in [-0.4, -0.2) is 0 Å². The fourth-order valence-electron chi connectivity index (χ4n) is 7.51. The van der Waals surface area contributed by atoms with E-state index in [0.29, 0.717) is 0 Å². The molecule has 2 aromatic heterocycles. The quantitative estimate of drug-likeness (QED) is 0.193. The Hall–Kier alpha value is -6.12. The fraction of sp³-hybridized carbons (Fsp3) is 0. The number of hydrogen-bond donors (Lipinski definition) is 0. The number of fused-ring (bicyclic) bond motifs is 8. The highest BCUT2D eigenvalue weighted by Crippen LogP contribution is 2.51. The lowest BCUT2D eigenvalue weighted by molar-refractivity contribution is 0.613. The van der Waals surface area contributed by atoms with Crippen LogP contribution in [0.15, 0.2) is 167 Å². The van der Waals surface area contributed by atoms with Gasteiger partial charge in [0.1, 0.15) is 11.3 Å². The standard InChI is InChI=1S/C44H26O2/c1-2-14-28(15-3-1)39-37-26-25-36-30-18-10-11-24-38(30)45-42(36)43(37)46-44(39)41-34-21-8-6-19-32(34)40(33-20-7-9-22-35(33)41)31-23-12-16-27-13-4-5-17-29(27)31/h1-26H. The lowest BCUT2D eigenvalue weighted by Gasteiger charge is -2.18. The van der Waals surface area contributed by atoms with Gasteiger partial charge in [0.05, 0.1) is 0 Å². The van der Waals surface area contributed by atoms with Crippen LogP contribution in [0.4, 0.5) is 0 Å². The summed E-state index contributed by atoms with van der Waals surface area (Å²) >= 11 is 0. The first kappa shape index (κ1) is 25.2. The highest BCUT2D eigenvalue weighted by atomic mass is 16.4. The van der Waals surface area contributed by atoms with E-state index in [2.05, 4.69) is 146 Å². The zero-order chi connectivity index (χ0) is 30.2. The third kappa shape index (κ3) is 3.53. The Balaban J connectivity index is 1.39. The number of hydrogen-bond acceptors (Lipinski definition) is 2. The van der Waals surface area contributed by atoms with Gasteiger partial charge in [-0.25, -0.2) is 0 Å². The van der Waals surface area contributed by atoms with E-state index in [4.69, 9.17) is 8.83 Å². The van der Waals surface area contributed by atoms with Gasteiger partial charge in [0.25, 0.3) is 0 Å². The zero-order valence-corrected chi connectivity index (χ0v) is 24.8. The largest absolute Gasteiger partial charge is 0.452 e. The molecule has 10 aromatic rings. The molecule has 10 rings (SSSR count). The monoisotopic (exact) mass is 586 g/mol. The molecule has 2 heterocycles. The summed E-state index contributed by atoms with van der Waals surface area (Å²) in [6, 6.07) is 56.0. The average Bonchev–Trinajstić information content (AvgIpc) is 3.70. The predicted octanol–water partition coefficient (Wildman–Crippen LogP) is 12.8. The van der Waals surface area contributed by atoms with Crippen molar-refractivity contribution in [3.05, 3.63) is 158 Å². The van der Waals surface area contributed by atoms with Crippen LogP contribution in [0.25, 0.3) is 98.8 Å². The minimum absolute atomic E-state index is 0.772. The van der Waals surface area contributed by atoms with Crippen molar-refractivity contribution in [2.75, 3.05) is 0 Å². The first-order valence-electron chi connectivity index (χ1n) is 15.7. The molecular formula is C44H26O2. The van der Waals surface area contributed by atoms with Gasteiger partial charge in [-0.15, -0.1) is 0 Å². The summed E-state index contributed by atoms with van der Waals surface area (Å²) in [6.45, 7) is 0. The van der Waals surface area contributed by atoms with Crippen molar-refractivity contribution in [1.29, 1.82) is 0 Å². The van der Waals surface area contributed by atoms with Crippen molar-refractivity contribution < 1.29 is 8.83 Å². The van der Waals surface area contributed by atoms with E-state index in [1.807, 2.05) is 12.1 Å². The molecular weight excluding hydrogens is 560 g/mol. The molecule has 0 aliphatic carbocycles. The molecule has 8 aromatic carbocycles. The normalized spacial score (nSPS) is 11.9. The summed E-state index contributed by atoms with van der Waals surface area (Å²) in [4.78, 5) is 0.